The van der Waals surface area contributed by atoms with Gasteiger partial charge in [-0.25, -0.2) is 9.18 Å². The molecular formula is C20H25FN2O4. The van der Waals surface area contributed by atoms with Crippen LogP contribution in [0.15, 0.2) is 18.2 Å². The highest BCUT2D eigenvalue weighted by Crippen LogP contribution is 2.30. The van der Waals surface area contributed by atoms with Gasteiger partial charge in [-0.05, 0) is 51.0 Å². The number of carbonyl (C=O) groups is 3. The highest BCUT2D eigenvalue weighted by atomic mass is 19.1. The summed E-state index contributed by atoms with van der Waals surface area (Å²) in [5, 5.41) is 0. The van der Waals surface area contributed by atoms with Crippen LogP contribution in [0.5, 0.6) is 0 Å². The van der Waals surface area contributed by atoms with Gasteiger partial charge >= 0.3 is 6.09 Å². The molecule has 0 saturated carbocycles. The summed E-state index contributed by atoms with van der Waals surface area (Å²) < 4.78 is 18.7. The van der Waals surface area contributed by atoms with Crippen LogP contribution in [0.25, 0.3) is 0 Å². The van der Waals surface area contributed by atoms with Crippen molar-refractivity contribution >= 4 is 17.8 Å². The van der Waals surface area contributed by atoms with Gasteiger partial charge in [0, 0.05) is 44.1 Å². The number of amides is 2. The van der Waals surface area contributed by atoms with Gasteiger partial charge in [0.05, 0.1) is 0 Å². The number of hydrogen-bond acceptors (Lipinski definition) is 4. The van der Waals surface area contributed by atoms with E-state index in [1.54, 1.807) is 9.80 Å². The maximum atomic E-state index is 13.3. The molecule has 1 aliphatic carbocycles. The van der Waals surface area contributed by atoms with E-state index < -0.39 is 11.5 Å². The van der Waals surface area contributed by atoms with Gasteiger partial charge in [0.1, 0.15) is 11.4 Å². The molecule has 2 aliphatic rings. The van der Waals surface area contributed by atoms with Crippen molar-refractivity contribution in [3.63, 3.8) is 0 Å². The molecule has 1 atom stereocenters. The molecule has 1 saturated heterocycles. The van der Waals surface area contributed by atoms with Gasteiger partial charge in [0.2, 0.25) is 5.91 Å². The van der Waals surface area contributed by atoms with Gasteiger partial charge in [-0.3, -0.25) is 9.59 Å². The summed E-state index contributed by atoms with van der Waals surface area (Å²) in [5.74, 6) is -0.999. The highest BCUT2D eigenvalue weighted by Gasteiger charge is 2.34. The normalized spacial score (nSPS) is 19.9. The Hall–Kier alpha value is -2.44. The molecule has 7 heteroatoms. The average Bonchev–Trinajstić information content (AvgIpc) is 2.88. The fraction of sp³-hybridized carbons (Fsp3) is 0.550. The van der Waals surface area contributed by atoms with E-state index in [-0.39, 0.29) is 30.0 Å². The molecule has 0 bridgehead atoms. The smallest absolute Gasteiger partial charge is 0.410 e. The van der Waals surface area contributed by atoms with E-state index in [1.807, 2.05) is 20.8 Å². The van der Waals surface area contributed by atoms with Crippen LogP contribution in [0.2, 0.25) is 0 Å². The van der Waals surface area contributed by atoms with E-state index in [9.17, 15) is 18.8 Å². The Labute approximate surface area is 158 Å². The van der Waals surface area contributed by atoms with Crippen molar-refractivity contribution in [2.75, 3.05) is 26.2 Å². The van der Waals surface area contributed by atoms with Crippen LogP contribution in [-0.2, 0) is 16.0 Å². The third-order valence-electron chi connectivity index (χ3n) is 4.87. The van der Waals surface area contributed by atoms with Crippen molar-refractivity contribution in [2.24, 2.45) is 5.92 Å². The minimum atomic E-state index is -0.554. The van der Waals surface area contributed by atoms with Crippen LogP contribution in [0.4, 0.5) is 9.18 Å². The van der Waals surface area contributed by atoms with E-state index >= 15 is 0 Å². The van der Waals surface area contributed by atoms with Crippen molar-refractivity contribution in [1.82, 2.24) is 9.80 Å². The van der Waals surface area contributed by atoms with Gasteiger partial charge in [-0.1, -0.05) is 0 Å². The molecule has 6 nitrogen and oxygen atoms in total. The second-order valence-corrected chi connectivity index (χ2v) is 8.12. The average molecular weight is 376 g/mol. The Morgan fingerprint density at radius 1 is 1.15 bits per heavy atom. The van der Waals surface area contributed by atoms with Gasteiger partial charge in [-0.2, -0.15) is 0 Å². The van der Waals surface area contributed by atoms with Crippen LogP contribution in [0.3, 0.4) is 0 Å². The number of halogens is 1. The van der Waals surface area contributed by atoms with E-state index in [0.717, 1.165) is 0 Å². The van der Waals surface area contributed by atoms with Gasteiger partial charge in [0.25, 0.3) is 0 Å². The first-order chi connectivity index (χ1) is 12.6. The highest BCUT2D eigenvalue weighted by molar-refractivity contribution is 6.03. The zero-order valence-corrected chi connectivity index (χ0v) is 16.0. The van der Waals surface area contributed by atoms with E-state index in [1.165, 1.54) is 18.2 Å². The molecule has 1 aromatic rings. The minimum Gasteiger partial charge on any atom is -0.444 e. The van der Waals surface area contributed by atoms with Crippen molar-refractivity contribution in [3.8, 4) is 0 Å². The van der Waals surface area contributed by atoms with Gasteiger partial charge in [-0.15, -0.1) is 0 Å². The number of ketones is 1. The first-order valence-electron chi connectivity index (χ1n) is 9.22. The lowest BCUT2D eigenvalue weighted by Crippen LogP contribution is -2.52. The largest absolute Gasteiger partial charge is 0.444 e. The van der Waals surface area contributed by atoms with E-state index in [0.29, 0.717) is 43.7 Å². The summed E-state index contributed by atoms with van der Waals surface area (Å²) >= 11 is 0. The van der Waals surface area contributed by atoms with E-state index in [2.05, 4.69) is 0 Å². The second-order valence-electron chi connectivity index (χ2n) is 8.12. The number of Topliss-reactive ketones (excluding diaryl/α,β-unsaturated/α-hetero) is 1. The molecule has 1 fully saturated rings. The minimum absolute atomic E-state index is 0.0919. The molecule has 0 spiro atoms. The molecule has 1 heterocycles. The van der Waals surface area contributed by atoms with Crippen molar-refractivity contribution in [3.05, 3.63) is 35.1 Å². The molecule has 1 unspecified atom stereocenters. The Kier molecular flexibility index (Phi) is 5.22. The first-order valence-corrected chi connectivity index (χ1v) is 9.22. The van der Waals surface area contributed by atoms with Crippen LogP contribution in [0.1, 0.15) is 43.1 Å². The molecule has 1 aliphatic heterocycles. The second kappa shape index (κ2) is 7.29. The first kappa shape index (κ1) is 19.3. The predicted molar refractivity (Wildman–Crippen MR) is 96.9 cm³/mol. The number of ether oxygens (including phenoxy) is 1. The standard InChI is InChI=1S/C20H25FN2O4/c1-20(2,3)27-19(26)23-8-6-22(7-9-23)17(24)12-14-10-13-11-15(21)4-5-16(13)18(14)25/h4-5,11,14H,6-10,12H2,1-3H3. The molecule has 1 aromatic carbocycles. The summed E-state index contributed by atoms with van der Waals surface area (Å²) in [6.07, 6.45) is 0.134. The Balaban J connectivity index is 1.52. The summed E-state index contributed by atoms with van der Waals surface area (Å²) in [6, 6.07) is 4.14. The predicted octanol–water partition coefficient (Wildman–Crippen LogP) is 2.65. The quantitative estimate of drug-likeness (QED) is 0.796. The SMILES string of the molecule is CC(C)(C)OC(=O)N1CCN(C(=O)CC2Cc3cc(F)ccc3C2=O)CC1. The lowest BCUT2D eigenvalue weighted by molar-refractivity contribution is -0.133. The molecule has 146 valence electrons. The number of rotatable bonds is 2. The zero-order chi connectivity index (χ0) is 19.8. The summed E-state index contributed by atoms with van der Waals surface area (Å²) in [6.45, 7) is 7.09. The monoisotopic (exact) mass is 376 g/mol. The maximum absolute atomic E-state index is 13.3. The van der Waals surface area contributed by atoms with Gasteiger partial charge < -0.3 is 14.5 Å². The number of hydrogen-bond donors (Lipinski definition) is 0. The summed E-state index contributed by atoms with van der Waals surface area (Å²) in [4.78, 5) is 40.4. The lowest BCUT2D eigenvalue weighted by Gasteiger charge is -2.36. The third-order valence-corrected chi connectivity index (χ3v) is 4.87. The molecular weight excluding hydrogens is 351 g/mol. The number of fused-ring (bicyclic) bond motifs is 1. The summed E-state index contributed by atoms with van der Waals surface area (Å²) in [5.41, 5.74) is 0.637. The van der Waals surface area contributed by atoms with Crippen molar-refractivity contribution in [2.45, 2.75) is 39.2 Å². The van der Waals surface area contributed by atoms with Crippen molar-refractivity contribution < 1.29 is 23.5 Å². The molecule has 3 rings (SSSR count). The topological polar surface area (TPSA) is 66.9 Å². The zero-order valence-electron chi connectivity index (χ0n) is 16.0. The van der Waals surface area contributed by atoms with Crippen molar-refractivity contribution in [1.29, 1.82) is 0 Å². The fourth-order valence-electron chi connectivity index (χ4n) is 3.52. The number of carbonyl (C=O) groups excluding carboxylic acids is 3. The number of piperazine rings is 1. The fourth-order valence-corrected chi connectivity index (χ4v) is 3.52. The Morgan fingerprint density at radius 3 is 2.41 bits per heavy atom. The third kappa shape index (κ3) is 4.46. The van der Waals surface area contributed by atoms with Crippen LogP contribution >= 0.6 is 0 Å². The maximum Gasteiger partial charge on any atom is 0.410 e. The number of benzene rings is 1. The van der Waals surface area contributed by atoms with E-state index in [4.69, 9.17) is 4.74 Å². The van der Waals surface area contributed by atoms with Crippen LogP contribution in [0, 0.1) is 11.7 Å². The Morgan fingerprint density at radius 2 is 1.78 bits per heavy atom. The number of nitrogens with zero attached hydrogens (tertiary/aromatic N) is 2. The molecule has 0 N–H and O–H groups in total. The Bertz CT molecular complexity index is 764. The molecule has 0 radical (unpaired) electrons. The molecule has 0 aromatic heterocycles. The summed E-state index contributed by atoms with van der Waals surface area (Å²) in [7, 11) is 0. The molecule has 27 heavy (non-hydrogen) atoms. The van der Waals surface area contributed by atoms with Crippen LogP contribution < -0.4 is 0 Å². The van der Waals surface area contributed by atoms with Crippen LogP contribution in [-0.4, -0.2) is 59.4 Å². The lowest BCUT2D eigenvalue weighted by atomic mass is 10.00. The molecule has 2 amide bonds. The van der Waals surface area contributed by atoms with Gasteiger partial charge in [0.15, 0.2) is 5.78 Å².